The molecule has 1 unspecified atom stereocenters. The third-order valence-electron chi connectivity index (χ3n) is 2.50. The van der Waals surface area contributed by atoms with Gasteiger partial charge >= 0.3 is 6.18 Å². The highest BCUT2D eigenvalue weighted by Crippen LogP contribution is 2.23. The molecule has 2 heterocycles. The smallest absolute Gasteiger partial charge is 0.383 e. The molecular weight excluding hydrogens is 235 g/mol. The second-order valence-corrected chi connectivity index (χ2v) is 3.69. The zero-order valence-corrected chi connectivity index (χ0v) is 8.94. The van der Waals surface area contributed by atoms with E-state index in [0.717, 1.165) is 0 Å². The molecule has 17 heavy (non-hydrogen) atoms. The van der Waals surface area contributed by atoms with Crippen LogP contribution in [0.25, 0.3) is 11.2 Å². The average molecular weight is 245 g/mol. The van der Waals surface area contributed by atoms with Crippen molar-refractivity contribution in [2.75, 3.05) is 0 Å². The normalized spacial score (nSPS) is 14.2. The second-order valence-electron chi connectivity index (χ2n) is 3.69. The Morgan fingerprint density at radius 3 is 2.76 bits per heavy atom. The fourth-order valence-corrected chi connectivity index (χ4v) is 1.54. The van der Waals surface area contributed by atoms with Crippen LogP contribution in [-0.2, 0) is 13.5 Å². The number of aryl methyl sites for hydroxylation is 1. The van der Waals surface area contributed by atoms with Gasteiger partial charge in [-0.1, -0.05) is 0 Å². The molecule has 0 aliphatic carbocycles. The van der Waals surface area contributed by atoms with E-state index in [1.807, 2.05) is 0 Å². The number of hydrogen-bond donors (Lipinski definition) is 1. The third-order valence-corrected chi connectivity index (χ3v) is 2.50. The molecule has 92 valence electrons. The summed E-state index contributed by atoms with van der Waals surface area (Å²) in [5.74, 6) is 0.156. The molecule has 0 amide bonds. The van der Waals surface area contributed by atoms with Gasteiger partial charge in [-0.3, -0.25) is 0 Å². The summed E-state index contributed by atoms with van der Waals surface area (Å²) in [5.41, 5.74) is 1.01. The number of aliphatic hydroxyl groups excluding tert-OH is 1. The molecule has 0 saturated heterocycles. The van der Waals surface area contributed by atoms with Gasteiger partial charge in [0.25, 0.3) is 0 Å². The van der Waals surface area contributed by atoms with Crippen molar-refractivity contribution in [2.24, 2.45) is 7.05 Å². The fraction of sp³-hybridized carbons (Fsp3) is 0.400. The van der Waals surface area contributed by atoms with E-state index >= 15 is 0 Å². The van der Waals surface area contributed by atoms with Gasteiger partial charge in [-0.25, -0.2) is 9.97 Å². The molecule has 0 bridgehead atoms. The van der Waals surface area contributed by atoms with Gasteiger partial charge in [-0.15, -0.1) is 0 Å². The number of imidazole rings is 1. The summed E-state index contributed by atoms with van der Waals surface area (Å²) in [5, 5.41) is 8.99. The minimum atomic E-state index is -4.63. The largest absolute Gasteiger partial charge is 0.414 e. The first-order chi connectivity index (χ1) is 7.89. The fourth-order valence-electron chi connectivity index (χ4n) is 1.54. The number of alkyl halides is 3. The van der Waals surface area contributed by atoms with Gasteiger partial charge in [0.05, 0.1) is 5.52 Å². The van der Waals surface area contributed by atoms with Crippen LogP contribution in [0.1, 0.15) is 5.82 Å². The lowest BCUT2D eigenvalue weighted by Gasteiger charge is -2.13. The molecule has 0 spiro atoms. The van der Waals surface area contributed by atoms with Gasteiger partial charge < -0.3 is 9.67 Å². The minimum absolute atomic E-state index is 0.156. The standard InChI is InChI=1S/C10H10F3N3O/c1-16-6-3-2-4-14-9(6)15-8(16)5-7(17)10(11,12)13/h2-4,7,17H,5H2,1H3. The van der Waals surface area contributed by atoms with Gasteiger partial charge in [0, 0.05) is 19.7 Å². The van der Waals surface area contributed by atoms with Crippen molar-refractivity contribution >= 4 is 11.2 Å². The molecule has 4 nitrogen and oxygen atoms in total. The molecule has 7 heteroatoms. The summed E-state index contributed by atoms with van der Waals surface area (Å²) >= 11 is 0. The van der Waals surface area contributed by atoms with Gasteiger partial charge in [0.2, 0.25) is 0 Å². The molecule has 2 aromatic rings. The SMILES string of the molecule is Cn1c(CC(O)C(F)(F)F)nc2ncccc21. The van der Waals surface area contributed by atoms with E-state index in [0.29, 0.717) is 11.2 Å². The Morgan fingerprint density at radius 1 is 1.47 bits per heavy atom. The highest BCUT2D eigenvalue weighted by atomic mass is 19.4. The number of halogens is 3. The third kappa shape index (κ3) is 2.23. The molecular formula is C10H10F3N3O. The molecule has 2 aromatic heterocycles. The number of fused-ring (bicyclic) bond motifs is 1. The molecule has 1 N–H and O–H groups in total. The van der Waals surface area contributed by atoms with E-state index < -0.39 is 18.7 Å². The maximum Gasteiger partial charge on any atom is 0.414 e. The summed E-state index contributed by atoms with van der Waals surface area (Å²) in [4.78, 5) is 7.89. The Morgan fingerprint density at radius 2 is 2.18 bits per heavy atom. The molecule has 0 aliphatic heterocycles. The highest BCUT2D eigenvalue weighted by molar-refractivity contribution is 5.71. The summed E-state index contributed by atoms with van der Waals surface area (Å²) in [7, 11) is 1.59. The van der Waals surface area contributed by atoms with Crippen molar-refractivity contribution < 1.29 is 18.3 Å². The Bertz CT molecular complexity index is 535. The number of pyridine rings is 1. The average Bonchev–Trinajstić information content (AvgIpc) is 2.55. The predicted octanol–water partition coefficient (Wildman–Crippen LogP) is 1.43. The Kier molecular flexibility index (Phi) is 2.78. The van der Waals surface area contributed by atoms with Crippen molar-refractivity contribution in [2.45, 2.75) is 18.7 Å². The van der Waals surface area contributed by atoms with E-state index in [-0.39, 0.29) is 5.82 Å². The van der Waals surface area contributed by atoms with Crippen LogP contribution >= 0.6 is 0 Å². The van der Waals surface area contributed by atoms with Crippen LogP contribution in [0.2, 0.25) is 0 Å². The first-order valence-electron chi connectivity index (χ1n) is 4.90. The van der Waals surface area contributed by atoms with Crippen LogP contribution in [0.15, 0.2) is 18.3 Å². The maximum atomic E-state index is 12.2. The minimum Gasteiger partial charge on any atom is -0.383 e. The molecule has 0 fully saturated rings. The predicted molar refractivity (Wildman–Crippen MR) is 54.3 cm³/mol. The van der Waals surface area contributed by atoms with Crippen molar-refractivity contribution in [3.63, 3.8) is 0 Å². The zero-order chi connectivity index (χ0) is 12.6. The number of aromatic nitrogens is 3. The summed E-state index contributed by atoms with van der Waals surface area (Å²) in [6.07, 6.45) is -6.10. The quantitative estimate of drug-likeness (QED) is 0.870. The summed E-state index contributed by atoms with van der Waals surface area (Å²) < 4.78 is 38.2. The van der Waals surface area contributed by atoms with E-state index in [1.165, 1.54) is 10.8 Å². The molecule has 1 atom stereocenters. The number of aliphatic hydroxyl groups is 1. The Balaban J connectivity index is 2.34. The van der Waals surface area contributed by atoms with Gasteiger partial charge in [-0.2, -0.15) is 13.2 Å². The van der Waals surface area contributed by atoms with Crippen LogP contribution < -0.4 is 0 Å². The summed E-state index contributed by atoms with van der Waals surface area (Å²) in [6, 6.07) is 3.38. The van der Waals surface area contributed by atoms with Crippen molar-refractivity contribution in [3.05, 3.63) is 24.2 Å². The molecule has 0 saturated carbocycles. The van der Waals surface area contributed by atoms with Crippen LogP contribution in [0.4, 0.5) is 13.2 Å². The monoisotopic (exact) mass is 245 g/mol. The first-order valence-corrected chi connectivity index (χ1v) is 4.90. The van der Waals surface area contributed by atoms with Gasteiger partial charge in [-0.05, 0) is 12.1 Å². The van der Waals surface area contributed by atoms with E-state index in [2.05, 4.69) is 9.97 Å². The van der Waals surface area contributed by atoms with Crippen LogP contribution in [0, 0.1) is 0 Å². The second kappa shape index (κ2) is 3.99. The maximum absolute atomic E-state index is 12.2. The first kappa shape index (κ1) is 11.8. The van der Waals surface area contributed by atoms with Crippen LogP contribution in [-0.4, -0.2) is 31.9 Å². The van der Waals surface area contributed by atoms with Crippen molar-refractivity contribution in [1.29, 1.82) is 0 Å². The number of nitrogens with zero attached hydrogens (tertiary/aromatic N) is 3. The van der Waals surface area contributed by atoms with Crippen molar-refractivity contribution in [1.82, 2.24) is 14.5 Å². The lowest BCUT2D eigenvalue weighted by atomic mass is 10.2. The topological polar surface area (TPSA) is 50.9 Å². The van der Waals surface area contributed by atoms with Crippen LogP contribution in [0.5, 0.6) is 0 Å². The lowest BCUT2D eigenvalue weighted by molar-refractivity contribution is -0.203. The van der Waals surface area contributed by atoms with Crippen LogP contribution in [0.3, 0.4) is 0 Å². The Hall–Kier alpha value is -1.63. The van der Waals surface area contributed by atoms with Gasteiger partial charge in [0.15, 0.2) is 11.8 Å². The lowest BCUT2D eigenvalue weighted by Crippen LogP contribution is -2.31. The molecule has 2 rings (SSSR count). The number of hydrogen-bond acceptors (Lipinski definition) is 3. The van der Waals surface area contributed by atoms with E-state index in [9.17, 15) is 13.2 Å². The Labute approximate surface area is 94.7 Å². The highest BCUT2D eigenvalue weighted by Gasteiger charge is 2.39. The summed E-state index contributed by atoms with van der Waals surface area (Å²) in [6.45, 7) is 0. The van der Waals surface area contributed by atoms with Crippen molar-refractivity contribution in [3.8, 4) is 0 Å². The molecule has 0 aromatic carbocycles. The molecule has 0 radical (unpaired) electrons. The van der Waals surface area contributed by atoms with Gasteiger partial charge in [0.1, 0.15) is 5.82 Å². The molecule has 0 aliphatic rings. The zero-order valence-electron chi connectivity index (χ0n) is 8.94. The van der Waals surface area contributed by atoms with E-state index in [1.54, 1.807) is 19.2 Å². The number of rotatable bonds is 2. The van der Waals surface area contributed by atoms with E-state index in [4.69, 9.17) is 5.11 Å².